The highest BCUT2D eigenvalue weighted by Crippen LogP contribution is 2.14. The van der Waals surface area contributed by atoms with Gasteiger partial charge in [-0.15, -0.1) is 0 Å². The number of nitrogens with zero attached hydrogens (tertiary/aromatic N) is 2. The third-order valence-electron chi connectivity index (χ3n) is 4.07. The van der Waals surface area contributed by atoms with E-state index < -0.39 is 0 Å². The maximum Gasteiger partial charge on any atom is 0.225 e. The van der Waals surface area contributed by atoms with Gasteiger partial charge in [0, 0.05) is 44.2 Å². The molecule has 112 valence electrons. The van der Waals surface area contributed by atoms with Crippen LogP contribution in [0.15, 0.2) is 0 Å². The molecule has 0 saturated carbocycles. The van der Waals surface area contributed by atoms with Crippen molar-refractivity contribution in [1.82, 2.24) is 9.80 Å². The van der Waals surface area contributed by atoms with Gasteiger partial charge in [0.05, 0.1) is 0 Å². The Balaban J connectivity index is 2.30. The number of carbonyl (C=O) groups is 1. The van der Waals surface area contributed by atoms with Crippen LogP contribution in [0.2, 0.25) is 0 Å². The van der Waals surface area contributed by atoms with Gasteiger partial charge in [-0.1, -0.05) is 13.3 Å². The van der Waals surface area contributed by atoms with Crippen molar-refractivity contribution in [3.8, 4) is 0 Å². The molecule has 0 aromatic heterocycles. The maximum absolute atomic E-state index is 12.3. The monoisotopic (exact) mass is 269 g/mol. The van der Waals surface area contributed by atoms with E-state index in [-0.39, 0.29) is 12.0 Å². The molecule has 0 aromatic rings. The molecule has 1 aliphatic heterocycles. The van der Waals surface area contributed by atoms with Crippen LogP contribution in [0, 0.1) is 5.92 Å². The van der Waals surface area contributed by atoms with Crippen molar-refractivity contribution in [2.75, 3.05) is 26.2 Å². The molecule has 4 heteroatoms. The van der Waals surface area contributed by atoms with E-state index in [9.17, 15) is 4.79 Å². The predicted octanol–water partition coefficient (Wildman–Crippen LogP) is 1.69. The van der Waals surface area contributed by atoms with Crippen molar-refractivity contribution in [2.45, 2.75) is 59.0 Å². The molecule has 2 N–H and O–H groups in total. The first-order valence-corrected chi connectivity index (χ1v) is 7.70. The highest BCUT2D eigenvalue weighted by atomic mass is 16.2. The van der Waals surface area contributed by atoms with Crippen molar-refractivity contribution in [1.29, 1.82) is 0 Å². The van der Waals surface area contributed by atoms with E-state index in [1.54, 1.807) is 0 Å². The third kappa shape index (κ3) is 5.49. The van der Waals surface area contributed by atoms with E-state index in [1.807, 2.05) is 11.8 Å². The third-order valence-corrected chi connectivity index (χ3v) is 4.07. The molecule has 0 radical (unpaired) electrons. The van der Waals surface area contributed by atoms with Gasteiger partial charge in [0.1, 0.15) is 0 Å². The van der Waals surface area contributed by atoms with Crippen molar-refractivity contribution in [2.24, 2.45) is 11.7 Å². The molecule has 0 aromatic carbocycles. The summed E-state index contributed by atoms with van der Waals surface area (Å²) in [5.74, 6) is 0.470. The van der Waals surface area contributed by atoms with E-state index >= 15 is 0 Å². The number of hydrogen-bond donors (Lipinski definition) is 1. The maximum atomic E-state index is 12.3. The summed E-state index contributed by atoms with van der Waals surface area (Å²) in [5, 5.41) is 0. The van der Waals surface area contributed by atoms with Crippen LogP contribution in [0.3, 0.4) is 0 Å². The minimum atomic E-state index is 0.143. The van der Waals surface area contributed by atoms with Gasteiger partial charge in [0.25, 0.3) is 0 Å². The molecule has 2 unspecified atom stereocenters. The molecule has 0 aliphatic carbocycles. The zero-order chi connectivity index (χ0) is 14.4. The normalized spacial score (nSPS) is 20.6. The van der Waals surface area contributed by atoms with Crippen LogP contribution in [-0.2, 0) is 4.79 Å². The SMILES string of the molecule is CC(N)CCCC(C)C(=O)N1CCN(C(C)C)CC1. The number of nitrogens with two attached hydrogens (primary N) is 1. The second-order valence-corrected chi connectivity index (χ2v) is 6.26. The van der Waals surface area contributed by atoms with E-state index in [4.69, 9.17) is 5.73 Å². The molecule has 1 aliphatic rings. The molecule has 1 fully saturated rings. The molecule has 1 saturated heterocycles. The standard InChI is InChI=1S/C15H31N3O/c1-12(2)17-8-10-18(11-9-17)15(19)13(3)6-5-7-14(4)16/h12-14H,5-11,16H2,1-4H3. The number of carbonyl (C=O) groups excluding carboxylic acids is 1. The van der Waals surface area contributed by atoms with E-state index in [2.05, 4.69) is 25.7 Å². The summed E-state index contributed by atoms with van der Waals surface area (Å²) < 4.78 is 0. The molecule has 1 amide bonds. The molecule has 19 heavy (non-hydrogen) atoms. The van der Waals surface area contributed by atoms with Crippen LogP contribution in [-0.4, -0.2) is 54.0 Å². The fraction of sp³-hybridized carbons (Fsp3) is 0.933. The Hall–Kier alpha value is -0.610. The highest BCUT2D eigenvalue weighted by molar-refractivity contribution is 5.78. The minimum absolute atomic E-state index is 0.143. The average molecular weight is 269 g/mol. The molecule has 1 heterocycles. The summed E-state index contributed by atoms with van der Waals surface area (Å²) in [6.45, 7) is 12.3. The van der Waals surface area contributed by atoms with Gasteiger partial charge < -0.3 is 10.6 Å². The Kier molecular flexibility index (Phi) is 6.80. The summed E-state index contributed by atoms with van der Waals surface area (Å²) in [6, 6.07) is 0.831. The van der Waals surface area contributed by atoms with Gasteiger partial charge in [-0.25, -0.2) is 0 Å². The fourth-order valence-electron chi connectivity index (χ4n) is 2.64. The minimum Gasteiger partial charge on any atom is -0.340 e. The molecular formula is C15H31N3O. The van der Waals surface area contributed by atoms with Crippen LogP contribution >= 0.6 is 0 Å². The summed E-state index contributed by atoms with van der Waals surface area (Å²) in [4.78, 5) is 16.8. The number of hydrogen-bond acceptors (Lipinski definition) is 3. The van der Waals surface area contributed by atoms with Crippen LogP contribution in [0.5, 0.6) is 0 Å². The van der Waals surface area contributed by atoms with Crippen molar-refractivity contribution in [3.63, 3.8) is 0 Å². The quantitative estimate of drug-likeness (QED) is 0.798. The van der Waals surface area contributed by atoms with Gasteiger partial charge in [0.2, 0.25) is 5.91 Å². The Morgan fingerprint density at radius 2 is 1.63 bits per heavy atom. The summed E-state index contributed by atoms with van der Waals surface area (Å²) in [6.07, 6.45) is 3.03. The van der Waals surface area contributed by atoms with Crippen LogP contribution in [0.1, 0.15) is 47.0 Å². The summed E-state index contributed by atoms with van der Waals surface area (Å²) in [5.41, 5.74) is 5.74. The second kappa shape index (κ2) is 7.85. The van der Waals surface area contributed by atoms with Crippen molar-refractivity contribution in [3.05, 3.63) is 0 Å². The Morgan fingerprint density at radius 1 is 1.05 bits per heavy atom. The summed E-state index contributed by atoms with van der Waals surface area (Å²) >= 11 is 0. The molecule has 1 rings (SSSR count). The molecular weight excluding hydrogens is 238 g/mol. The van der Waals surface area contributed by atoms with Gasteiger partial charge >= 0.3 is 0 Å². The lowest BCUT2D eigenvalue weighted by atomic mass is 10.0. The lowest BCUT2D eigenvalue weighted by Gasteiger charge is -2.38. The number of amides is 1. The van der Waals surface area contributed by atoms with Crippen LogP contribution < -0.4 is 5.73 Å². The van der Waals surface area contributed by atoms with Crippen molar-refractivity contribution < 1.29 is 4.79 Å². The van der Waals surface area contributed by atoms with E-state index in [0.717, 1.165) is 45.4 Å². The number of piperazine rings is 1. The Bertz CT molecular complexity index is 271. The zero-order valence-electron chi connectivity index (χ0n) is 13.1. The summed E-state index contributed by atoms with van der Waals surface area (Å²) in [7, 11) is 0. The highest BCUT2D eigenvalue weighted by Gasteiger charge is 2.25. The lowest BCUT2D eigenvalue weighted by Crippen LogP contribution is -2.51. The van der Waals surface area contributed by atoms with E-state index in [1.165, 1.54) is 0 Å². The Morgan fingerprint density at radius 3 is 2.11 bits per heavy atom. The number of rotatable bonds is 6. The van der Waals surface area contributed by atoms with Gasteiger partial charge in [-0.05, 0) is 33.6 Å². The van der Waals surface area contributed by atoms with Gasteiger partial charge in [-0.3, -0.25) is 9.69 Å². The second-order valence-electron chi connectivity index (χ2n) is 6.26. The molecule has 0 bridgehead atoms. The molecule has 0 spiro atoms. The predicted molar refractivity (Wildman–Crippen MR) is 80.0 cm³/mol. The first kappa shape index (κ1) is 16.4. The fourth-order valence-corrected chi connectivity index (χ4v) is 2.64. The average Bonchev–Trinajstić information content (AvgIpc) is 2.37. The first-order chi connectivity index (χ1) is 8.91. The topological polar surface area (TPSA) is 49.6 Å². The van der Waals surface area contributed by atoms with Gasteiger partial charge in [-0.2, -0.15) is 0 Å². The lowest BCUT2D eigenvalue weighted by molar-refractivity contribution is -0.137. The Labute approximate surface area is 118 Å². The van der Waals surface area contributed by atoms with Crippen LogP contribution in [0.4, 0.5) is 0 Å². The molecule has 4 nitrogen and oxygen atoms in total. The smallest absolute Gasteiger partial charge is 0.225 e. The van der Waals surface area contributed by atoms with Gasteiger partial charge in [0.15, 0.2) is 0 Å². The zero-order valence-corrected chi connectivity index (χ0v) is 13.1. The first-order valence-electron chi connectivity index (χ1n) is 7.70. The van der Waals surface area contributed by atoms with Crippen molar-refractivity contribution >= 4 is 5.91 Å². The molecule has 2 atom stereocenters. The largest absolute Gasteiger partial charge is 0.340 e. The van der Waals surface area contributed by atoms with Crippen LogP contribution in [0.25, 0.3) is 0 Å². The van der Waals surface area contributed by atoms with E-state index in [0.29, 0.717) is 11.9 Å².